The zero-order valence-corrected chi connectivity index (χ0v) is 11.7. The molecule has 0 saturated heterocycles. The third-order valence-corrected chi connectivity index (χ3v) is 3.34. The number of hydrogen-bond donors (Lipinski definition) is 4. The highest BCUT2D eigenvalue weighted by atomic mass is 16.5. The van der Waals surface area contributed by atoms with Crippen LogP contribution in [-0.4, -0.2) is 27.5 Å². The highest BCUT2D eigenvalue weighted by Crippen LogP contribution is 2.31. The van der Waals surface area contributed by atoms with E-state index in [4.69, 9.17) is 4.74 Å². The Hall–Kier alpha value is -2.40. The maximum absolute atomic E-state index is 10.2. The normalized spacial score (nSPS) is 12.1. The lowest BCUT2D eigenvalue weighted by molar-refractivity contribution is 0.167. The molecule has 2 aromatic rings. The number of aromatic hydroxyl groups is 3. The number of ether oxygens (including phenoxy) is 1. The van der Waals surface area contributed by atoms with Crippen molar-refractivity contribution < 1.29 is 25.2 Å². The van der Waals surface area contributed by atoms with Crippen molar-refractivity contribution in [3.63, 3.8) is 0 Å². The molecule has 5 nitrogen and oxygen atoms in total. The van der Waals surface area contributed by atoms with E-state index in [0.29, 0.717) is 29.7 Å². The second-order valence-electron chi connectivity index (χ2n) is 4.80. The van der Waals surface area contributed by atoms with Gasteiger partial charge in [-0.3, -0.25) is 0 Å². The van der Waals surface area contributed by atoms with Gasteiger partial charge in [-0.15, -0.1) is 0 Å². The highest BCUT2D eigenvalue weighted by Gasteiger charge is 2.12. The van der Waals surface area contributed by atoms with Crippen LogP contribution in [-0.2, 0) is 6.42 Å². The maximum atomic E-state index is 10.2. The van der Waals surface area contributed by atoms with Crippen molar-refractivity contribution in [2.45, 2.75) is 18.9 Å². The summed E-state index contributed by atoms with van der Waals surface area (Å²) in [4.78, 5) is 0. The van der Waals surface area contributed by atoms with Crippen LogP contribution in [0.5, 0.6) is 23.0 Å². The molecule has 4 N–H and O–H groups in total. The van der Waals surface area contributed by atoms with Gasteiger partial charge in [-0.1, -0.05) is 12.1 Å². The molecule has 2 rings (SSSR count). The second-order valence-corrected chi connectivity index (χ2v) is 4.80. The van der Waals surface area contributed by atoms with Crippen LogP contribution >= 0.6 is 0 Å². The van der Waals surface area contributed by atoms with Crippen LogP contribution in [0.4, 0.5) is 0 Å². The molecule has 5 heteroatoms. The maximum Gasteiger partial charge on any atom is 0.160 e. The van der Waals surface area contributed by atoms with Gasteiger partial charge in [-0.2, -0.15) is 0 Å². The lowest BCUT2D eigenvalue weighted by atomic mass is 10.0. The van der Waals surface area contributed by atoms with E-state index < -0.39 is 6.10 Å². The average Bonchev–Trinajstić information content (AvgIpc) is 2.46. The second kappa shape index (κ2) is 6.37. The number of aliphatic hydroxyl groups is 1. The first kappa shape index (κ1) is 15.0. The minimum Gasteiger partial charge on any atom is -0.508 e. The number of aryl methyl sites for hydroxylation is 1. The molecule has 1 atom stereocenters. The van der Waals surface area contributed by atoms with Gasteiger partial charge >= 0.3 is 0 Å². The van der Waals surface area contributed by atoms with E-state index in [0.717, 1.165) is 0 Å². The van der Waals surface area contributed by atoms with Crippen molar-refractivity contribution >= 4 is 0 Å². The number of phenols is 3. The molecule has 0 fully saturated rings. The fraction of sp³-hybridized carbons (Fsp3) is 0.250. The molecule has 0 amide bonds. The van der Waals surface area contributed by atoms with Gasteiger partial charge in [0.15, 0.2) is 11.5 Å². The van der Waals surface area contributed by atoms with Gasteiger partial charge in [0.2, 0.25) is 0 Å². The van der Waals surface area contributed by atoms with Crippen molar-refractivity contribution in [2.24, 2.45) is 0 Å². The first-order valence-electron chi connectivity index (χ1n) is 6.57. The summed E-state index contributed by atoms with van der Waals surface area (Å²) in [6, 6.07) is 9.05. The first-order valence-corrected chi connectivity index (χ1v) is 6.57. The molecule has 2 aromatic carbocycles. The zero-order valence-electron chi connectivity index (χ0n) is 11.7. The standard InChI is InChI=1S/C16H18O5/c1-21-16-8-11(4-7-14(16)19)13(18)6-3-10-2-5-12(17)9-15(10)20/h2,4-5,7-9,13,17-20H,3,6H2,1H3. The van der Waals surface area contributed by atoms with Gasteiger partial charge in [0, 0.05) is 6.07 Å². The lowest BCUT2D eigenvalue weighted by Crippen LogP contribution is -2.00. The smallest absolute Gasteiger partial charge is 0.160 e. The van der Waals surface area contributed by atoms with Crippen LogP contribution in [0.25, 0.3) is 0 Å². The van der Waals surface area contributed by atoms with Crippen LogP contribution in [0.2, 0.25) is 0 Å². The Kier molecular flexibility index (Phi) is 4.55. The van der Waals surface area contributed by atoms with E-state index in [1.807, 2.05) is 0 Å². The Morgan fingerprint density at radius 3 is 2.43 bits per heavy atom. The topological polar surface area (TPSA) is 90.2 Å². The predicted molar refractivity (Wildman–Crippen MR) is 77.7 cm³/mol. The van der Waals surface area contributed by atoms with Gasteiger partial charge in [0.25, 0.3) is 0 Å². The van der Waals surface area contributed by atoms with Crippen molar-refractivity contribution in [2.75, 3.05) is 7.11 Å². The largest absolute Gasteiger partial charge is 0.508 e. The van der Waals surface area contributed by atoms with Gasteiger partial charge in [-0.05, 0) is 42.2 Å². The van der Waals surface area contributed by atoms with Gasteiger partial charge in [0.05, 0.1) is 13.2 Å². The summed E-state index contributed by atoms with van der Waals surface area (Å²) < 4.78 is 5.00. The van der Waals surface area contributed by atoms with Crippen LogP contribution in [0.1, 0.15) is 23.7 Å². The predicted octanol–water partition coefficient (Wildman–Crippen LogP) is 2.48. The SMILES string of the molecule is COc1cc(C(O)CCc2ccc(O)cc2O)ccc1O. The van der Waals surface area contributed by atoms with E-state index in [1.165, 1.54) is 25.3 Å². The van der Waals surface area contributed by atoms with Crippen molar-refractivity contribution in [1.82, 2.24) is 0 Å². The number of rotatable bonds is 5. The third kappa shape index (κ3) is 3.58. The van der Waals surface area contributed by atoms with Crippen molar-refractivity contribution in [3.05, 3.63) is 47.5 Å². The van der Waals surface area contributed by atoms with E-state index >= 15 is 0 Å². The van der Waals surface area contributed by atoms with Crippen LogP contribution in [0.15, 0.2) is 36.4 Å². The molecule has 0 saturated carbocycles. The highest BCUT2D eigenvalue weighted by molar-refractivity contribution is 5.43. The Bertz CT molecular complexity index is 624. The summed E-state index contributed by atoms with van der Waals surface area (Å²) in [5, 5.41) is 38.6. The summed E-state index contributed by atoms with van der Waals surface area (Å²) in [5.74, 6) is 0.328. The lowest BCUT2D eigenvalue weighted by Gasteiger charge is -2.13. The monoisotopic (exact) mass is 290 g/mol. The van der Waals surface area contributed by atoms with Gasteiger partial charge in [0.1, 0.15) is 11.5 Å². The Morgan fingerprint density at radius 2 is 1.76 bits per heavy atom. The molecule has 1 unspecified atom stereocenters. The molecular weight excluding hydrogens is 272 g/mol. The fourth-order valence-corrected chi connectivity index (χ4v) is 2.12. The Labute approximate surface area is 122 Å². The van der Waals surface area contributed by atoms with E-state index in [2.05, 4.69) is 0 Å². The van der Waals surface area contributed by atoms with Gasteiger partial charge < -0.3 is 25.2 Å². The molecule has 0 radical (unpaired) electrons. The number of aliphatic hydroxyl groups excluding tert-OH is 1. The minimum atomic E-state index is -0.743. The molecule has 0 bridgehead atoms. The van der Waals surface area contributed by atoms with Gasteiger partial charge in [-0.25, -0.2) is 0 Å². The average molecular weight is 290 g/mol. The summed E-state index contributed by atoms with van der Waals surface area (Å²) in [7, 11) is 1.44. The molecule has 21 heavy (non-hydrogen) atoms. The summed E-state index contributed by atoms with van der Waals surface area (Å²) >= 11 is 0. The minimum absolute atomic E-state index is 0.0000643. The molecule has 0 aliphatic heterocycles. The molecule has 0 aliphatic rings. The van der Waals surface area contributed by atoms with E-state index in [9.17, 15) is 20.4 Å². The van der Waals surface area contributed by atoms with Crippen molar-refractivity contribution in [1.29, 1.82) is 0 Å². The Balaban J connectivity index is 2.06. The molecule has 0 aliphatic carbocycles. The number of methoxy groups -OCH3 is 1. The van der Waals surface area contributed by atoms with Crippen LogP contribution < -0.4 is 4.74 Å². The number of phenolic OH excluding ortho intramolecular Hbond substituents is 3. The zero-order chi connectivity index (χ0) is 15.4. The van der Waals surface area contributed by atoms with Crippen molar-refractivity contribution in [3.8, 4) is 23.0 Å². The molecule has 112 valence electrons. The van der Waals surface area contributed by atoms with Crippen LogP contribution in [0.3, 0.4) is 0 Å². The Morgan fingerprint density at radius 1 is 1.00 bits per heavy atom. The quantitative estimate of drug-likeness (QED) is 0.679. The molecule has 0 spiro atoms. The molecule has 0 aromatic heterocycles. The number of benzene rings is 2. The van der Waals surface area contributed by atoms with E-state index in [-0.39, 0.29) is 17.2 Å². The van der Waals surface area contributed by atoms with E-state index in [1.54, 1.807) is 18.2 Å². The summed E-state index contributed by atoms with van der Waals surface area (Å²) in [6.07, 6.45) is 0.107. The summed E-state index contributed by atoms with van der Waals surface area (Å²) in [5.41, 5.74) is 1.28. The van der Waals surface area contributed by atoms with Crippen LogP contribution in [0, 0.1) is 0 Å². The number of hydrogen-bond acceptors (Lipinski definition) is 5. The fourth-order valence-electron chi connectivity index (χ4n) is 2.12. The third-order valence-electron chi connectivity index (χ3n) is 3.34. The first-order chi connectivity index (χ1) is 10.0. The molecule has 0 heterocycles. The molecular formula is C16H18O5. The summed E-state index contributed by atoms with van der Waals surface area (Å²) in [6.45, 7) is 0.